The molecule has 2 aromatic rings. The number of hydrogen-bond donors (Lipinski definition) is 0. The fourth-order valence-electron chi connectivity index (χ4n) is 1.91. The van der Waals surface area contributed by atoms with Crippen LogP contribution in [-0.2, 0) is 12.8 Å². The highest BCUT2D eigenvalue weighted by molar-refractivity contribution is 5.62. The minimum atomic E-state index is -4.96. The molecule has 0 saturated carbocycles. The lowest BCUT2D eigenvalue weighted by molar-refractivity contribution is -0.396. The number of halogens is 3. The van der Waals surface area contributed by atoms with Crippen molar-refractivity contribution in [3.8, 4) is 5.75 Å². The number of nitro groups is 2. The molecule has 10 heteroatoms. The highest BCUT2D eigenvalue weighted by atomic mass is 19.4. The van der Waals surface area contributed by atoms with Crippen molar-refractivity contribution in [2.24, 2.45) is 0 Å². The average molecular weight is 342 g/mol. The van der Waals surface area contributed by atoms with Crippen LogP contribution in [0.1, 0.15) is 11.1 Å². The number of alkyl halides is 3. The van der Waals surface area contributed by atoms with E-state index >= 15 is 0 Å². The van der Waals surface area contributed by atoms with Gasteiger partial charge in [0.15, 0.2) is 0 Å². The molecule has 0 atom stereocenters. The van der Waals surface area contributed by atoms with Gasteiger partial charge in [-0.1, -0.05) is 30.3 Å². The van der Waals surface area contributed by atoms with E-state index in [2.05, 4.69) is 0 Å². The van der Waals surface area contributed by atoms with Crippen LogP contribution >= 0.6 is 0 Å². The normalized spacial score (nSPS) is 11.1. The second-order valence-electron chi connectivity index (χ2n) is 4.63. The van der Waals surface area contributed by atoms with Gasteiger partial charge >= 0.3 is 17.6 Å². The topological polar surface area (TPSA) is 95.5 Å². The van der Waals surface area contributed by atoms with Crippen LogP contribution < -0.4 is 4.74 Å². The third-order valence-electron chi connectivity index (χ3n) is 3.00. The van der Waals surface area contributed by atoms with E-state index in [1.54, 1.807) is 30.3 Å². The summed E-state index contributed by atoms with van der Waals surface area (Å²) in [7, 11) is 0. The van der Waals surface area contributed by atoms with Gasteiger partial charge in [0.2, 0.25) is 0 Å². The fourth-order valence-corrected chi connectivity index (χ4v) is 1.91. The largest absolute Gasteiger partial charge is 0.477 e. The monoisotopic (exact) mass is 342 g/mol. The first-order chi connectivity index (χ1) is 11.2. The summed E-state index contributed by atoms with van der Waals surface area (Å²) in [5.41, 5.74) is -3.19. The van der Waals surface area contributed by atoms with E-state index in [-0.39, 0.29) is 18.7 Å². The molecule has 0 aliphatic rings. The molecule has 0 unspecified atom stereocenters. The quantitative estimate of drug-likeness (QED) is 0.602. The number of nitrogens with zero attached hydrogens (tertiary/aromatic N) is 2. The number of hydrogen-bond acceptors (Lipinski definition) is 5. The maximum absolute atomic E-state index is 12.8. The maximum Gasteiger partial charge on any atom is 0.416 e. The van der Waals surface area contributed by atoms with E-state index in [4.69, 9.17) is 4.74 Å². The van der Waals surface area contributed by atoms with Gasteiger partial charge in [-0.25, -0.2) is 0 Å². The van der Waals surface area contributed by atoms with Gasteiger partial charge in [0.25, 0.3) is 5.75 Å². The molecule has 7 nitrogen and oxygen atoms in total. The maximum atomic E-state index is 12.8. The first-order valence-electron chi connectivity index (χ1n) is 6.41. The van der Waals surface area contributed by atoms with E-state index in [0.717, 1.165) is 0 Å². The summed E-state index contributed by atoms with van der Waals surface area (Å²) in [6, 6.07) is 8.62. The summed E-state index contributed by atoms with van der Waals surface area (Å²) in [5.74, 6) is -0.818. The summed E-state index contributed by atoms with van der Waals surface area (Å²) in [5, 5.41) is 22.0. The van der Waals surface area contributed by atoms with Crippen LogP contribution in [0.2, 0.25) is 0 Å². The number of nitro benzene ring substituents is 2. The zero-order valence-corrected chi connectivity index (χ0v) is 11.8. The molecule has 2 rings (SSSR count). The molecule has 0 amide bonds. The van der Waals surface area contributed by atoms with Crippen LogP contribution in [0, 0.1) is 20.2 Å². The van der Waals surface area contributed by atoms with Crippen molar-refractivity contribution in [2.45, 2.75) is 12.8 Å². The zero-order chi connectivity index (χ0) is 17.9. The first-order valence-corrected chi connectivity index (χ1v) is 6.41. The van der Waals surface area contributed by atoms with Gasteiger partial charge in [-0.2, -0.15) is 13.2 Å². The summed E-state index contributed by atoms with van der Waals surface area (Å²) >= 11 is 0. The summed E-state index contributed by atoms with van der Waals surface area (Å²) < 4.78 is 43.4. The van der Waals surface area contributed by atoms with E-state index < -0.39 is 38.7 Å². The average Bonchev–Trinajstić information content (AvgIpc) is 2.51. The van der Waals surface area contributed by atoms with Gasteiger partial charge in [-0.15, -0.1) is 0 Å². The van der Waals surface area contributed by atoms with Crippen LogP contribution in [0.15, 0.2) is 42.5 Å². The molecule has 0 heterocycles. The second kappa shape index (κ2) is 6.52. The number of rotatable bonds is 5. The Bertz CT molecular complexity index is 743. The molecular weight excluding hydrogens is 333 g/mol. The van der Waals surface area contributed by atoms with E-state index in [0.29, 0.717) is 5.56 Å². The number of ether oxygens (including phenoxy) is 1. The molecule has 2 aromatic carbocycles. The molecule has 0 bridgehead atoms. The molecule has 126 valence electrons. The van der Waals surface area contributed by atoms with Gasteiger partial charge in [0.1, 0.15) is 6.61 Å². The molecule has 0 saturated heterocycles. The molecular formula is C14H9F3N2O5. The summed E-state index contributed by atoms with van der Waals surface area (Å²) in [6.45, 7) is -0.270. The zero-order valence-electron chi connectivity index (χ0n) is 11.8. The van der Waals surface area contributed by atoms with Crippen LogP contribution in [0.4, 0.5) is 24.5 Å². The molecule has 0 aromatic heterocycles. The van der Waals surface area contributed by atoms with E-state index in [9.17, 15) is 33.4 Å². The minimum absolute atomic E-state index is 0.216. The van der Waals surface area contributed by atoms with Crippen molar-refractivity contribution >= 4 is 11.4 Å². The molecule has 24 heavy (non-hydrogen) atoms. The Balaban J connectivity index is 2.51. The molecule has 0 radical (unpaired) electrons. The van der Waals surface area contributed by atoms with Gasteiger partial charge in [0, 0.05) is 12.1 Å². The fraction of sp³-hybridized carbons (Fsp3) is 0.143. The van der Waals surface area contributed by atoms with Crippen molar-refractivity contribution in [1.82, 2.24) is 0 Å². The van der Waals surface area contributed by atoms with Crippen LogP contribution in [0.5, 0.6) is 5.75 Å². The molecule has 0 fully saturated rings. The third-order valence-corrected chi connectivity index (χ3v) is 3.00. The van der Waals surface area contributed by atoms with Crippen molar-refractivity contribution in [1.29, 1.82) is 0 Å². The highest BCUT2D eigenvalue weighted by Crippen LogP contribution is 2.42. The Kier molecular flexibility index (Phi) is 4.67. The van der Waals surface area contributed by atoms with Crippen molar-refractivity contribution < 1.29 is 27.8 Å². The molecule has 0 spiro atoms. The molecule has 0 N–H and O–H groups in total. The SMILES string of the molecule is O=[N+]([O-])c1cc(C(F)(F)F)cc([N+](=O)[O-])c1OCc1ccccc1. The highest BCUT2D eigenvalue weighted by Gasteiger charge is 2.38. The van der Waals surface area contributed by atoms with Crippen LogP contribution in [0.25, 0.3) is 0 Å². The summed E-state index contributed by atoms with van der Waals surface area (Å²) in [6.07, 6.45) is -4.96. The lowest BCUT2D eigenvalue weighted by atomic mass is 10.1. The van der Waals surface area contributed by atoms with Crippen LogP contribution in [0.3, 0.4) is 0 Å². The predicted molar refractivity (Wildman–Crippen MR) is 75.5 cm³/mol. The lowest BCUT2D eigenvalue weighted by Crippen LogP contribution is -2.09. The standard InChI is InChI=1S/C14H9F3N2O5/c15-14(16,17)10-6-11(18(20)21)13(12(7-10)19(22)23)24-8-9-4-2-1-3-5-9/h1-7H,8H2. The number of benzene rings is 2. The lowest BCUT2D eigenvalue weighted by Gasteiger charge is -2.11. The van der Waals surface area contributed by atoms with Gasteiger partial charge < -0.3 is 4.74 Å². The van der Waals surface area contributed by atoms with E-state index in [1.807, 2.05) is 0 Å². The minimum Gasteiger partial charge on any atom is -0.477 e. The third kappa shape index (κ3) is 3.77. The summed E-state index contributed by atoms with van der Waals surface area (Å²) in [4.78, 5) is 19.7. The van der Waals surface area contributed by atoms with Crippen molar-refractivity contribution in [3.63, 3.8) is 0 Å². The Morgan fingerprint density at radius 2 is 1.46 bits per heavy atom. The van der Waals surface area contributed by atoms with Crippen LogP contribution in [-0.4, -0.2) is 9.85 Å². The Morgan fingerprint density at radius 1 is 0.958 bits per heavy atom. The smallest absolute Gasteiger partial charge is 0.416 e. The molecule has 0 aliphatic carbocycles. The Morgan fingerprint density at radius 3 is 1.88 bits per heavy atom. The van der Waals surface area contributed by atoms with E-state index in [1.165, 1.54) is 0 Å². The second-order valence-corrected chi connectivity index (χ2v) is 4.63. The predicted octanol–water partition coefficient (Wildman–Crippen LogP) is 4.10. The molecule has 0 aliphatic heterocycles. The van der Waals surface area contributed by atoms with Crippen molar-refractivity contribution in [3.05, 3.63) is 73.8 Å². The van der Waals surface area contributed by atoms with Gasteiger partial charge in [-0.05, 0) is 5.56 Å². The van der Waals surface area contributed by atoms with Gasteiger partial charge in [0.05, 0.1) is 15.4 Å². The van der Waals surface area contributed by atoms with Crippen molar-refractivity contribution in [2.75, 3.05) is 0 Å². The Labute approximate surface area is 132 Å². The van der Waals surface area contributed by atoms with Gasteiger partial charge in [-0.3, -0.25) is 20.2 Å². The first kappa shape index (κ1) is 17.2. The Hall–Kier alpha value is -3.17.